The predicted molar refractivity (Wildman–Crippen MR) is 53.7 cm³/mol. The number of hydrogen-bond acceptors (Lipinski definition) is 5. The van der Waals surface area contributed by atoms with Gasteiger partial charge in [0.2, 0.25) is 0 Å². The molecule has 1 aromatic rings. The minimum Gasteiger partial charge on any atom is -0.308 e. The number of rotatable bonds is 5. The Hall–Kier alpha value is -1.01. The van der Waals surface area contributed by atoms with Crippen molar-refractivity contribution in [2.75, 3.05) is 20.6 Å². The number of nitrogens with zero attached hydrogens (tertiary/aromatic N) is 5. The van der Waals surface area contributed by atoms with Crippen molar-refractivity contribution in [2.24, 2.45) is 7.05 Å². The van der Waals surface area contributed by atoms with Crippen LogP contribution in [-0.2, 0) is 13.6 Å². The van der Waals surface area contributed by atoms with Gasteiger partial charge in [0, 0.05) is 12.6 Å². The Bertz CT molecular complexity index is 269. The summed E-state index contributed by atoms with van der Waals surface area (Å²) in [6.45, 7) is 3.76. The van der Waals surface area contributed by atoms with Gasteiger partial charge in [0.15, 0.2) is 5.82 Å². The fraction of sp³-hybridized carbons (Fsp3) is 0.875. The first-order valence-electron chi connectivity index (χ1n) is 4.69. The van der Waals surface area contributed by atoms with Crippen LogP contribution in [0.2, 0.25) is 0 Å². The van der Waals surface area contributed by atoms with Gasteiger partial charge >= 0.3 is 0 Å². The van der Waals surface area contributed by atoms with Crippen LogP contribution in [0.25, 0.3) is 0 Å². The molecule has 0 fully saturated rings. The second-order valence-electron chi connectivity index (χ2n) is 3.64. The number of hydrogen-bond donors (Lipinski definition) is 1. The average molecular weight is 198 g/mol. The standard InChI is InChI=1S/C8H18N6/c1-7(13(2)3)5-9-6-8-10-12-14(4)11-8/h7,9H,5-6H2,1-4H3. The molecule has 0 saturated heterocycles. The third-order valence-corrected chi connectivity index (χ3v) is 2.15. The summed E-state index contributed by atoms with van der Waals surface area (Å²) in [7, 11) is 5.89. The Kier molecular flexibility index (Phi) is 3.97. The summed E-state index contributed by atoms with van der Waals surface area (Å²) in [5, 5.41) is 15.0. The van der Waals surface area contributed by atoms with Crippen molar-refractivity contribution >= 4 is 0 Å². The van der Waals surface area contributed by atoms with E-state index in [1.807, 2.05) is 0 Å². The highest BCUT2D eigenvalue weighted by molar-refractivity contribution is 4.76. The highest BCUT2D eigenvalue weighted by Gasteiger charge is 2.04. The van der Waals surface area contributed by atoms with Crippen LogP contribution in [0, 0.1) is 0 Å². The van der Waals surface area contributed by atoms with E-state index in [1.165, 1.54) is 4.80 Å². The summed E-state index contributed by atoms with van der Waals surface area (Å²) in [6, 6.07) is 0.506. The molecular weight excluding hydrogens is 180 g/mol. The quantitative estimate of drug-likeness (QED) is 0.674. The van der Waals surface area contributed by atoms with Crippen molar-refractivity contribution in [3.8, 4) is 0 Å². The molecule has 6 nitrogen and oxygen atoms in total. The number of aryl methyl sites for hydroxylation is 1. The number of nitrogens with one attached hydrogen (secondary N) is 1. The molecule has 6 heteroatoms. The molecule has 1 heterocycles. The molecule has 0 aromatic carbocycles. The Balaban J connectivity index is 2.22. The highest BCUT2D eigenvalue weighted by Crippen LogP contribution is 1.90. The van der Waals surface area contributed by atoms with Crippen molar-refractivity contribution in [1.82, 2.24) is 30.4 Å². The van der Waals surface area contributed by atoms with E-state index < -0.39 is 0 Å². The molecule has 0 amide bonds. The summed E-state index contributed by atoms with van der Waals surface area (Å²) >= 11 is 0. The van der Waals surface area contributed by atoms with Gasteiger partial charge in [0.25, 0.3) is 0 Å². The van der Waals surface area contributed by atoms with Gasteiger partial charge in [-0.15, -0.1) is 10.2 Å². The van der Waals surface area contributed by atoms with E-state index in [0.29, 0.717) is 12.6 Å². The first-order chi connectivity index (χ1) is 6.59. The maximum Gasteiger partial charge on any atom is 0.188 e. The zero-order chi connectivity index (χ0) is 10.6. The molecule has 1 atom stereocenters. The average Bonchev–Trinajstić information content (AvgIpc) is 2.51. The molecule has 1 N–H and O–H groups in total. The normalized spacial score (nSPS) is 13.5. The molecule has 0 aliphatic rings. The molecule has 1 unspecified atom stereocenters. The van der Waals surface area contributed by atoms with Crippen molar-refractivity contribution in [2.45, 2.75) is 19.5 Å². The van der Waals surface area contributed by atoms with Crippen molar-refractivity contribution < 1.29 is 0 Å². The summed E-state index contributed by atoms with van der Waals surface area (Å²) in [5.74, 6) is 0.735. The van der Waals surface area contributed by atoms with Gasteiger partial charge in [-0.3, -0.25) is 0 Å². The second-order valence-corrected chi connectivity index (χ2v) is 3.64. The van der Waals surface area contributed by atoms with Crippen LogP contribution in [-0.4, -0.2) is 51.8 Å². The lowest BCUT2D eigenvalue weighted by Gasteiger charge is -2.19. The zero-order valence-corrected chi connectivity index (χ0v) is 9.23. The maximum atomic E-state index is 4.07. The van der Waals surface area contributed by atoms with Crippen LogP contribution in [0.15, 0.2) is 0 Å². The minimum atomic E-state index is 0.506. The molecule has 1 aromatic heterocycles. The third kappa shape index (κ3) is 3.39. The summed E-state index contributed by atoms with van der Waals surface area (Å²) in [6.07, 6.45) is 0. The monoisotopic (exact) mass is 198 g/mol. The van der Waals surface area contributed by atoms with Gasteiger partial charge in [0.1, 0.15) is 0 Å². The van der Waals surface area contributed by atoms with Crippen molar-refractivity contribution in [3.05, 3.63) is 5.82 Å². The second kappa shape index (κ2) is 5.02. The largest absolute Gasteiger partial charge is 0.308 e. The van der Waals surface area contributed by atoms with E-state index in [-0.39, 0.29) is 0 Å². The lowest BCUT2D eigenvalue weighted by Crippen LogP contribution is -2.35. The van der Waals surface area contributed by atoms with Crippen LogP contribution in [0.1, 0.15) is 12.7 Å². The van der Waals surface area contributed by atoms with Crippen LogP contribution in [0.5, 0.6) is 0 Å². The smallest absolute Gasteiger partial charge is 0.188 e. The summed E-state index contributed by atoms with van der Waals surface area (Å²) in [4.78, 5) is 3.63. The topological polar surface area (TPSA) is 58.9 Å². The Morgan fingerprint density at radius 2 is 2.21 bits per heavy atom. The summed E-state index contributed by atoms with van der Waals surface area (Å²) in [5.41, 5.74) is 0. The fourth-order valence-corrected chi connectivity index (χ4v) is 0.970. The number of likely N-dealkylation sites (N-methyl/N-ethyl adjacent to an activating group) is 1. The first kappa shape index (κ1) is 11.1. The van der Waals surface area contributed by atoms with Crippen LogP contribution in [0.3, 0.4) is 0 Å². The Morgan fingerprint density at radius 1 is 1.50 bits per heavy atom. The van der Waals surface area contributed by atoms with E-state index in [9.17, 15) is 0 Å². The van der Waals surface area contributed by atoms with Gasteiger partial charge < -0.3 is 10.2 Å². The van der Waals surface area contributed by atoms with Crippen LogP contribution >= 0.6 is 0 Å². The fourth-order valence-electron chi connectivity index (χ4n) is 0.970. The molecule has 0 saturated carbocycles. The predicted octanol–water partition coefficient (Wildman–Crippen LogP) is -0.750. The maximum absolute atomic E-state index is 4.07. The van der Waals surface area contributed by atoms with E-state index in [4.69, 9.17) is 0 Å². The van der Waals surface area contributed by atoms with Gasteiger partial charge in [-0.1, -0.05) is 0 Å². The Morgan fingerprint density at radius 3 is 2.71 bits per heavy atom. The third-order valence-electron chi connectivity index (χ3n) is 2.15. The number of aromatic nitrogens is 4. The van der Waals surface area contributed by atoms with Gasteiger partial charge in [-0.2, -0.15) is 4.80 Å². The molecule has 0 bridgehead atoms. The van der Waals surface area contributed by atoms with E-state index >= 15 is 0 Å². The zero-order valence-electron chi connectivity index (χ0n) is 9.23. The van der Waals surface area contributed by atoms with Crippen LogP contribution in [0.4, 0.5) is 0 Å². The van der Waals surface area contributed by atoms with Crippen LogP contribution < -0.4 is 5.32 Å². The van der Waals surface area contributed by atoms with Gasteiger partial charge in [-0.25, -0.2) is 0 Å². The number of tetrazole rings is 1. The minimum absolute atomic E-state index is 0.506. The van der Waals surface area contributed by atoms with Gasteiger partial charge in [-0.05, 0) is 26.2 Å². The molecule has 0 aliphatic carbocycles. The molecule has 80 valence electrons. The van der Waals surface area contributed by atoms with Gasteiger partial charge in [0.05, 0.1) is 13.6 Å². The summed E-state index contributed by atoms with van der Waals surface area (Å²) < 4.78 is 0. The Labute approximate surface area is 84.3 Å². The lowest BCUT2D eigenvalue weighted by molar-refractivity contribution is 0.302. The van der Waals surface area contributed by atoms with E-state index in [2.05, 4.69) is 46.6 Å². The van der Waals surface area contributed by atoms with Crippen molar-refractivity contribution in [3.63, 3.8) is 0 Å². The van der Waals surface area contributed by atoms with E-state index in [1.54, 1.807) is 7.05 Å². The lowest BCUT2D eigenvalue weighted by atomic mass is 10.3. The molecule has 0 spiro atoms. The molecule has 14 heavy (non-hydrogen) atoms. The molecular formula is C8H18N6. The van der Waals surface area contributed by atoms with E-state index in [0.717, 1.165) is 12.4 Å². The molecule has 0 aliphatic heterocycles. The highest BCUT2D eigenvalue weighted by atomic mass is 15.6. The SMILES string of the molecule is CC(CNCc1nnn(C)n1)N(C)C. The molecule has 0 radical (unpaired) electrons. The first-order valence-corrected chi connectivity index (χ1v) is 4.69. The van der Waals surface area contributed by atoms with Crippen molar-refractivity contribution in [1.29, 1.82) is 0 Å². The molecule has 1 rings (SSSR count).